The van der Waals surface area contributed by atoms with Crippen LogP contribution in [0, 0.1) is 6.92 Å². The molecular weight excluding hydrogens is 318 g/mol. The summed E-state index contributed by atoms with van der Waals surface area (Å²) in [5.74, 6) is 0.0803. The third-order valence-corrected chi connectivity index (χ3v) is 5.79. The van der Waals surface area contributed by atoms with Crippen molar-refractivity contribution in [3.8, 4) is 0 Å². The summed E-state index contributed by atoms with van der Waals surface area (Å²) in [6.07, 6.45) is 0.261. The topological polar surface area (TPSA) is 55.4 Å². The van der Waals surface area contributed by atoms with E-state index in [4.69, 9.17) is 4.74 Å². The number of nitrogens with one attached hydrogen (secondary N) is 1. The minimum Gasteiger partial charge on any atom is -0.375 e. The lowest BCUT2D eigenvalue weighted by atomic mass is 10.2. The van der Waals surface area contributed by atoms with Crippen molar-refractivity contribution in [3.05, 3.63) is 57.8 Å². The van der Waals surface area contributed by atoms with Gasteiger partial charge in [0.15, 0.2) is 0 Å². The van der Waals surface area contributed by atoms with Crippen LogP contribution in [0.4, 0.5) is 0 Å². The summed E-state index contributed by atoms with van der Waals surface area (Å²) < 4.78 is 32.2. The van der Waals surface area contributed by atoms with Crippen LogP contribution >= 0.6 is 11.3 Å². The Morgan fingerprint density at radius 1 is 1.18 bits per heavy atom. The second kappa shape index (κ2) is 7.87. The molecule has 0 radical (unpaired) electrons. The maximum absolute atomic E-state index is 12.1. The Kier molecular flexibility index (Phi) is 6.14. The van der Waals surface area contributed by atoms with Crippen molar-refractivity contribution in [1.29, 1.82) is 0 Å². The van der Waals surface area contributed by atoms with Gasteiger partial charge < -0.3 is 4.74 Å². The minimum atomic E-state index is -3.31. The maximum atomic E-state index is 12.1. The number of aryl methyl sites for hydroxylation is 2. The first kappa shape index (κ1) is 17.1. The van der Waals surface area contributed by atoms with Gasteiger partial charge in [-0.25, -0.2) is 13.1 Å². The van der Waals surface area contributed by atoms with Crippen molar-refractivity contribution in [2.75, 3.05) is 19.4 Å². The van der Waals surface area contributed by atoms with Crippen LogP contribution in [-0.4, -0.2) is 27.8 Å². The van der Waals surface area contributed by atoms with Gasteiger partial charge in [-0.15, -0.1) is 11.3 Å². The van der Waals surface area contributed by atoms with Gasteiger partial charge >= 0.3 is 0 Å². The summed E-state index contributed by atoms with van der Waals surface area (Å²) in [6, 6.07) is 13.6. The van der Waals surface area contributed by atoms with Crippen LogP contribution in [0.2, 0.25) is 0 Å². The second-order valence-corrected chi connectivity index (χ2v) is 8.32. The Morgan fingerprint density at radius 3 is 2.50 bits per heavy atom. The Morgan fingerprint density at radius 2 is 1.91 bits per heavy atom. The fourth-order valence-electron chi connectivity index (χ4n) is 2.10. The number of ether oxygens (including phenoxy) is 1. The molecule has 0 unspecified atom stereocenters. The Hall–Kier alpha value is -1.21. The first-order chi connectivity index (χ1) is 10.5. The standard InChI is InChI=1S/C16H21NO3S2/c1-13-8-9-16(21-13)15(20-2)12-17-22(18,19)11-10-14-6-4-3-5-7-14/h3-9,15,17H,10-12H2,1-2H3/t15-/m0/s1. The van der Waals surface area contributed by atoms with Crippen LogP contribution in [0.15, 0.2) is 42.5 Å². The molecule has 0 aliphatic heterocycles. The molecule has 0 saturated heterocycles. The lowest BCUT2D eigenvalue weighted by Gasteiger charge is -2.15. The highest BCUT2D eigenvalue weighted by molar-refractivity contribution is 7.89. The highest BCUT2D eigenvalue weighted by atomic mass is 32.2. The molecule has 1 aromatic carbocycles. The fourth-order valence-corrected chi connectivity index (χ4v) is 4.11. The second-order valence-electron chi connectivity index (χ2n) is 5.08. The summed E-state index contributed by atoms with van der Waals surface area (Å²) >= 11 is 1.62. The van der Waals surface area contributed by atoms with E-state index in [0.717, 1.165) is 10.4 Å². The molecule has 0 amide bonds. The van der Waals surface area contributed by atoms with E-state index in [0.29, 0.717) is 6.42 Å². The zero-order chi connectivity index (χ0) is 16.0. The van der Waals surface area contributed by atoms with Crippen molar-refractivity contribution >= 4 is 21.4 Å². The van der Waals surface area contributed by atoms with Gasteiger partial charge in [-0.1, -0.05) is 30.3 Å². The van der Waals surface area contributed by atoms with Gasteiger partial charge in [0.1, 0.15) is 6.10 Å². The smallest absolute Gasteiger partial charge is 0.212 e. The summed E-state index contributed by atoms with van der Waals surface area (Å²) in [6.45, 7) is 2.28. The molecule has 0 spiro atoms. The number of thiophene rings is 1. The van der Waals surface area contributed by atoms with E-state index in [1.165, 1.54) is 4.88 Å². The van der Waals surface area contributed by atoms with Crippen LogP contribution < -0.4 is 4.72 Å². The predicted molar refractivity (Wildman–Crippen MR) is 90.7 cm³/mol. The lowest BCUT2D eigenvalue weighted by molar-refractivity contribution is 0.110. The molecule has 1 aromatic heterocycles. The quantitative estimate of drug-likeness (QED) is 0.804. The number of hydrogen-bond acceptors (Lipinski definition) is 4. The van der Waals surface area contributed by atoms with Crippen molar-refractivity contribution < 1.29 is 13.2 Å². The molecule has 6 heteroatoms. The molecule has 120 valence electrons. The summed E-state index contributed by atoms with van der Waals surface area (Å²) in [7, 11) is -1.72. The number of rotatable bonds is 8. The van der Waals surface area contributed by atoms with Gasteiger partial charge in [-0.3, -0.25) is 0 Å². The van der Waals surface area contributed by atoms with Crippen molar-refractivity contribution in [2.24, 2.45) is 0 Å². The van der Waals surface area contributed by atoms with Crippen molar-refractivity contribution in [2.45, 2.75) is 19.4 Å². The molecule has 0 aliphatic rings. The predicted octanol–water partition coefficient (Wildman–Crippen LogP) is 2.91. The van der Waals surface area contributed by atoms with E-state index in [2.05, 4.69) is 4.72 Å². The molecule has 0 bridgehead atoms. The van der Waals surface area contributed by atoms with Crippen LogP contribution in [0.25, 0.3) is 0 Å². The molecular formula is C16H21NO3S2. The highest BCUT2D eigenvalue weighted by Gasteiger charge is 2.17. The molecule has 2 rings (SSSR count). The van der Waals surface area contributed by atoms with Crippen molar-refractivity contribution in [3.63, 3.8) is 0 Å². The van der Waals surface area contributed by atoms with Crippen LogP contribution in [0.5, 0.6) is 0 Å². The van der Waals surface area contributed by atoms with E-state index in [9.17, 15) is 8.42 Å². The Bertz CT molecular complexity index is 680. The molecule has 0 saturated carbocycles. The SMILES string of the molecule is CO[C@@H](CNS(=O)(=O)CCc1ccccc1)c1ccc(C)s1. The van der Waals surface area contributed by atoms with Gasteiger partial charge in [0.25, 0.3) is 0 Å². The zero-order valence-electron chi connectivity index (χ0n) is 12.8. The van der Waals surface area contributed by atoms with Gasteiger partial charge in [0.05, 0.1) is 5.75 Å². The monoisotopic (exact) mass is 339 g/mol. The first-order valence-electron chi connectivity index (χ1n) is 7.10. The van der Waals surface area contributed by atoms with Gasteiger partial charge in [-0.2, -0.15) is 0 Å². The van der Waals surface area contributed by atoms with E-state index >= 15 is 0 Å². The van der Waals surface area contributed by atoms with Crippen molar-refractivity contribution in [1.82, 2.24) is 4.72 Å². The summed E-state index contributed by atoms with van der Waals surface area (Å²) in [5, 5.41) is 0. The summed E-state index contributed by atoms with van der Waals surface area (Å²) in [4.78, 5) is 2.22. The molecule has 1 N–H and O–H groups in total. The maximum Gasteiger partial charge on any atom is 0.212 e. The number of sulfonamides is 1. The molecule has 0 fully saturated rings. The molecule has 1 heterocycles. The molecule has 0 aliphatic carbocycles. The highest BCUT2D eigenvalue weighted by Crippen LogP contribution is 2.24. The molecule has 22 heavy (non-hydrogen) atoms. The lowest BCUT2D eigenvalue weighted by Crippen LogP contribution is -2.31. The van der Waals surface area contributed by atoms with Gasteiger partial charge in [0.2, 0.25) is 10.0 Å². The van der Waals surface area contributed by atoms with E-state index in [-0.39, 0.29) is 18.4 Å². The fraction of sp³-hybridized carbons (Fsp3) is 0.375. The Balaban J connectivity index is 1.88. The number of methoxy groups -OCH3 is 1. The average molecular weight is 339 g/mol. The van der Waals surface area contributed by atoms with E-state index in [1.807, 2.05) is 49.4 Å². The van der Waals surface area contributed by atoms with Gasteiger partial charge in [-0.05, 0) is 31.0 Å². The summed E-state index contributed by atoms with van der Waals surface area (Å²) in [5.41, 5.74) is 1.02. The van der Waals surface area contributed by atoms with Crippen LogP contribution in [-0.2, 0) is 21.2 Å². The number of benzene rings is 1. The minimum absolute atomic E-state index is 0.0803. The van der Waals surface area contributed by atoms with E-state index < -0.39 is 10.0 Å². The molecule has 1 atom stereocenters. The molecule has 2 aromatic rings. The normalized spacial score (nSPS) is 13.2. The Labute approximate surface area is 136 Å². The first-order valence-corrected chi connectivity index (χ1v) is 9.57. The third kappa shape index (κ3) is 5.21. The van der Waals surface area contributed by atoms with E-state index in [1.54, 1.807) is 18.4 Å². The van der Waals surface area contributed by atoms with Crippen LogP contribution in [0.3, 0.4) is 0 Å². The average Bonchev–Trinajstić information content (AvgIpc) is 2.93. The van der Waals surface area contributed by atoms with Crippen LogP contribution in [0.1, 0.15) is 21.4 Å². The third-order valence-electron chi connectivity index (χ3n) is 3.35. The largest absolute Gasteiger partial charge is 0.375 e. The number of hydrogen-bond donors (Lipinski definition) is 1. The molecule has 4 nitrogen and oxygen atoms in total. The zero-order valence-corrected chi connectivity index (χ0v) is 14.4. The van der Waals surface area contributed by atoms with Gasteiger partial charge in [0, 0.05) is 23.4 Å².